The van der Waals surface area contributed by atoms with Gasteiger partial charge in [0.1, 0.15) is 0 Å². The zero-order valence-electron chi connectivity index (χ0n) is 13.0. The number of benzene rings is 1. The summed E-state index contributed by atoms with van der Waals surface area (Å²) in [5.74, 6) is 0. The number of nitrogens with zero attached hydrogens (tertiary/aromatic N) is 3. The van der Waals surface area contributed by atoms with E-state index in [2.05, 4.69) is 34.1 Å². The Balaban J connectivity index is 1.83. The maximum absolute atomic E-state index is 9.61. The first-order valence-corrected chi connectivity index (χ1v) is 8.15. The molecule has 0 amide bonds. The van der Waals surface area contributed by atoms with Gasteiger partial charge in [-0.3, -0.25) is 4.40 Å². The molecule has 5 heteroatoms. The monoisotopic (exact) mass is 327 g/mol. The first kappa shape index (κ1) is 14.5. The van der Waals surface area contributed by atoms with Crippen LogP contribution in [-0.2, 0) is 19.6 Å². The highest BCUT2D eigenvalue weighted by atomic mass is 35.5. The number of rotatable bonds is 2. The zero-order valence-corrected chi connectivity index (χ0v) is 13.7. The lowest BCUT2D eigenvalue weighted by atomic mass is 9.99. The second-order valence-corrected chi connectivity index (χ2v) is 6.42. The molecular formula is C18H18ClN3O. The van der Waals surface area contributed by atoms with Gasteiger partial charge in [-0.25, -0.2) is 4.98 Å². The molecule has 4 rings (SSSR count). The van der Waals surface area contributed by atoms with Crippen LogP contribution in [0.3, 0.4) is 0 Å². The van der Waals surface area contributed by atoms with Crippen molar-refractivity contribution in [3.05, 3.63) is 64.1 Å². The highest BCUT2D eigenvalue weighted by Crippen LogP contribution is 2.31. The van der Waals surface area contributed by atoms with Crippen LogP contribution in [0, 0.1) is 6.92 Å². The van der Waals surface area contributed by atoms with Crippen LogP contribution in [0.4, 0.5) is 5.69 Å². The third-order valence-electron chi connectivity index (χ3n) is 4.59. The van der Waals surface area contributed by atoms with Gasteiger partial charge in [-0.05, 0) is 30.5 Å². The second kappa shape index (κ2) is 5.55. The smallest absolute Gasteiger partial charge is 0.161 e. The first-order chi connectivity index (χ1) is 11.2. The molecule has 0 atom stereocenters. The Hall–Kier alpha value is -2.04. The topological polar surface area (TPSA) is 40.8 Å². The van der Waals surface area contributed by atoms with Crippen LogP contribution in [0.2, 0.25) is 5.02 Å². The second-order valence-electron chi connectivity index (χ2n) is 5.98. The first-order valence-electron chi connectivity index (χ1n) is 7.77. The third-order valence-corrected chi connectivity index (χ3v) is 4.79. The van der Waals surface area contributed by atoms with Crippen LogP contribution < -0.4 is 4.90 Å². The molecule has 3 aromatic rings. The molecule has 23 heavy (non-hydrogen) atoms. The Morgan fingerprint density at radius 2 is 2.04 bits per heavy atom. The van der Waals surface area contributed by atoms with Crippen LogP contribution in [0.15, 0.2) is 36.5 Å². The molecule has 1 aliphatic rings. The van der Waals surface area contributed by atoms with E-state index in [9.17, 15) is 5.11 Å². The lowest BCUT2D eigenvalue weighted by molar-refractivity contribution is 0.275. The minimum absolute atomic E-state index is 0.0460. The van der Waals surface area contributed by atoms with Gasteiger partial charge in [-0.15, -0.1) is 0 Å². The molecule has 0 saturated heterocycles. The van der Waals surface area contributed by atoms with Crippen LogP contribution in [0.25, 0.3) is 5.65 Å². The molecule has 0 radical (unpaired) electrons. The summed E-state index contributed by atoms with van der Waals surface area (Å²) in [5.41, 5.74) is 6.28. The molecule has 0 fully saturated rings. The maximum Gasteiger partial charge on any atom is 0.161 e. The van der Waals surface area contributed by atoms with Crippen LogP contribution in [0.1, 0.15) is 22.5 Å². The van der Waals surface area contributed by atoms with Crippen LogP contribution in [0.5, 0.6) is 0 Å². The lowest BCUT2D eigenvalue weighted by Gasteiger charge is -2.31. The molecule has 1 aliphatic heterocycles. The summed E-state index contributed by atoms with van der Waals surface area (Å²) in [7, 11) is 0. The highest BCUT2D eigenvalue weighted by molar-refractivity contribution is 6.30. The number of aryl methyl sites for hydroxylation is 1. The Kier molecular flexibility index (Phi) is 3.51. The molecule has 0 aliphatic carbocycles. The Bertz CT molecular complexity index is 887. The standard InChI is InChI=1S/C18H18ClN3O/c1-12-17(11-23)22-10-15(19)8-16(18(22)20-12)21-7-6-13-4-2-3-5-14(13)9-21/h2-5,8,10,23H,6-7,9,11H2,1H3. The van der Waals surface area contributed by atoms with Gasteiger partial charge in [0.2, 0.25) is 0 Å². The normalized spacial score (nSPS) is 14.3. The van der Waals surface area contributed by atoms with Crippen LogP contribution in [-0.4, -0.2) is 21.0 Å². The van der Waals surface area contributed by atoms with Crippen molar-refractivity contribution in [3.8, 4) is 0 Å². The predicted molar refractivity (Wildman–Crippen MR) is 92.1 cm³/mol. The molecule has 2 aromatic heterocycles. The van der Waals surface area contributed by atoms with Crippen LogP contribution >= 0.6 is 11.6 Å². The number of imidazole rings is 1. The van der Waals surface area contributed by atoms with Crippen molar-refractivity contribution in [1.82, 2.24) is 9.38 Å². The Morgan fingerprint density at radius 1 is 1.26 bits per heavy atom. The van der Waals surface area contributed by atoms with Gasteiger partial charge in [0.15, 0.2) is 5.65 Å². The fourth-order valence-electron chi connectivity index (χ4n) is 3.38. The van der Waals surface area contributed by atoms with Crippen molar-refractivity contribution < 1.29 is 5.11 Å². The minimum atomic E-state index is -0.0460. The number of fused-ring (bicyclic) bond motifs is 2. The fraction of sp³-hybridized carbons (Fsp3) is 0.278. The number of hydrogen-bond donors (Lipinski definition) is 1. The lowest BCUT2D eigenvalue weighted by Crippen LogP contribution is -2.30. The van der Waals surface area contributed by atoms with Gasteiger partial charge in [-0.1, -0.05) is 35.9 Å². The molecule has 4 nitrogen and oxygen atoms in total. The summed E-state index contributed by atoms with van der Waals surface area (Å²) in [5, 5.41) is 10.3. The maximum atomic E-state index is 9.61. The molecule has 0 unspecified atom stereocenters. The largest absolute Gasteiger partial charge is 0.390 e. The van der Waals surface area contributed by atoms with Crippen molar-refractivity contribution in [2.45, 2.75) is 26.5 Å². The molecule has 0 spiro atoms. The van der Waals surface area contributed by atoms with Crippen molar-refractivity contribution in [1.29, 1.82) is 0 Å². The average molecular weight is 328 g/mol. The Labute approximate surface area is 140 Å². The summed E-state index contributed by atoms with van der Waals surface area (Å²) >= 11 is 6.32. The summed E-state index contributed by atoms with van der Waals surface area (Å²) in [6.45, 7) is 3.66. The predicted octanol–water partition coefficient (Wildman–Crippen LogP) is 3.35. The summed E-state index contributed by atoms with van der Waals surface area (Å²) in [6, 6.07) is 10.5. The summed E-state index contributed by atoms with van der Waals surface area (Å²) < 4.78 is 1.91. The fourth-order valence-corrected chi connectivity index (χ4v) is 3.58. The van der Waals surface area contributed by atoms with Crippen molar-refractivity contribution in [3.63, 3.8) is 0 Å². The van der Waals surface area contributed by atoms with Crippen molar-refractivity contribution >= 4 is 22.9 Å². The number of aliphatic hydroxyl groups is 1. The summed E-state index contributed by atoms with van der Waals surface area (Å²) in [6.07, 6.45) is 2.84. The number of hydrogen-bond acceptors (Lipinski definition) is 3. The van der Waals surface area contributed by atoms with E-state index in [1.54, 1.807) is 0 Å². The quantitative estimate of drug-likeness (QED) is 0.784. The third kappa shape index (κ3) is 2.38. The van der Waals surface area contributed by atoms with E-state index in [0.29, 0.717) is 5.02 Å². The van der Waals surface area contributed by atoms with E-state index < -0.39 is 0 Å². The zero-order chi connectivity index (χ0) is 16.0. The van der Waals surface area contributed by atoms with E-state index in [1.165, 1.54) is 11.1 Å². The number of aliphatic hydroxyl groups excluding tert-OH is 1. The van der Waals surface area contributed by atoms with Gasteiger partial charge in [0.05, 0.1) is 28.7 Å². The van der Waals surface area contributed by atoms with E-state index in [1.807, 2.05) is 23.6 Å². The van der Waals surface area contributed by atoms with E-state index in [-0.39, 0.29) is 6.61 Å². The van der Waals surface area contributed by atoms with E-state index >= 15 is 0 Å². The molecule has 1 aromatic carbocycles. The number of halogens is 1. The number of anilines is 1. The SMILES string of the molecule is Cc1nc2c(N3CCc4ccccc4C3)cc(Cl)cn2c1CO. The van der Waals surface area contributed by atoms with Crippen molar-refractivity contribution in [2.75, 3.05) is 11.4 Å². The average Bonchev–Trinajstić information content (AvgIpc) is 2.88. The molecule has 3 heterocycles. The van der Waals surface area contributed by atoms with Gasteiger partial charge in [0, 0.05) is 19.3 Å². The number of aromatic nitrogens is 2. The van der Waals surface area contributed by atoms with Gasteiger partial charge < -0.3 is 10.0 Å². The molecule has 1 N–H and O–H groups in total. The van der Waals surface area contributed by atoms with Gasteiger partial charge in [0.25, 0.3) is 0 Å². The minimum Gasteiger partial charge on any atom is -0.390 e. The molecule has 0 saturated carbocycles. The van der Waals surface area contributed by atoms with Gasteiger partial charge in [-0.2, -0.15) is 0 Å². The van der Waals surface area contributed by atoms with Gasteiger partial charge >= 0.3 is 0 Å². The summed E-state index contributed by atoms with van der Waals surface area (Å²) in [4.78, 5) is 6.98. The van der Waals surface area contributed by atoms with E-state index in [0.717, 1.165) is 42.2 Å². The Morgan fingerprint density at radius 3 is 2.83 bits per heavy atom. The van der Waals surface area contributed by atoms with Crippen molar-refractivity contribution in [2.24, 2.45) is 0 Å². The highest BCUT2D eigenvalue weighted by Gasteiger charge is 2.21. The number of pyridine rings is 1. The molecule has 0 bridgehead atoms. The molecular weight excluding hydrogens is 310 g/mol. The van der Waals surface area contributed by atoms with E-state index in [4.69, 9.17) is 11.6 Å². The molecule has 118 valence electrons.